The fourth-order valence-corrected chi connectivity index (χ4v) is 3.72. The highest BCUT2D eigenvalue weighted by Gasteiger charge is 2.30. The van der Waals surface area contributed by atoms with E-state index in [1.807, 2.05) is 0 Å². The SMILES string of the molecule is N/N=C(\N)c1cccc(NC(=O)Nc2ccc(S(=O)NCc3cccc(C(F)(F)F)c3)cc2)c1. The van der Waals surface area contributed by atoms with Crippen LogP contribution in [0.5, 0.6) is 0 Å². The molecule has 0 aromatic heterocycles. The van der Waals surface area contributed by atoms with Crippen molar-refractivity contribution in [2.24, 2.45) is 16.7 Å². The van der Waals surface area contributed by atoms with Crippen LogP contribution >= 0.6 is 0 Å². The Hall–Kier alpha value is -3.90. The normalized spacial score (nSPS) is 12.7. The number of benzene rings is 3. The summed E-state index contributed by atoms with van der Waals surface area (Å²) in [6, 6.07) is 17.1. The third-order valence-corrected chi connectivity index (χ3v) is 5.65. The van der Waals surface area contributed by atoms with Crippen LogP contribution in [0, 0.1) is 0 Å². The summed E-state index contributed by atoms with van der Waals surface area (Å²) in [5, 5.41) is 8.69. The predicted octanol–water partition coefficient (Wildman–Crippen LogP) is 3.74. The van der Waals surface area contributed by atoms with Crippen LogP contribution in [-0.2, 0) is 23.7 Å². The number of amides is 2. The molecule has 2 amide bonds. The number of nitrogens with zero attached hydrogens (tertiary/aromatic N) is 1. The first-order chi connectivity index (χ1) is 16.2. The van der Waals surface area contributed by atoms with Crippen LogP contribution in [0.2, 0.25) is 0 Å². The van der Waals surface area contributed by atoms with Crippen molar-refractivity contribution >= 4 is 34.2 Å². The number of urea groups is 1. The zero-order chi connectivity index (χ0) is 24.7. The number of amidine groups is 1. The quantitative estimate of drug-likeness (QED) is 0.149. The molecule has 0 radical (unpaired) electrons. The smallest absolute Gasteiger partial charge is 0.382 e. The average Bonchev–Trinajstić information content (AvgIpc) is 2.82. The third kappa shape index (κ3) is 6.80. The lowest BCUT2D eigenvalue weighted by molar-refractivity contribution is -0.137. The number of alkyl halides is 3. The van der Waals surface area contributed by atoms with Gasteiger partial charge in [-0.3, -0.25) is 0 Å². The summed E-state index contributed by atoms with van der Waals surface area (Å²) < 4.78 is 53.6. The van der Waals surface area contributed by atoms with Crippen LogP contribution in [-0.4, -0.2) is 16.1 Å². The van der Waals surface area contributed by atoms with E-state index in [1.165, 1.54) is 24.3 Å². The van der Waals surface area contributed by atoms with Crippen molar-refractivity contribution in [1.82, 2.24) is 4.72 Å². The van der Waals surface area contributed by atoms with Gasteiger partial charge in [-0.15, -0.1) is 0 Å². The largest absolute Gasteiger partial charge is 0.416 e. The van der Waals surface area contributed by atoms with Gasteiger partial charge in [-0.05, 0) is 48.0 Å². The zero-order valence-electron chi connectivity index (χ0n) is 17.6. The van der Waals surface area contributed by atoms with Gasteiger partial charge in [-0.1, -0.05) is 30.3 Å². The van der Waals surface area contributed by atoms with Gasteiger partial charge in [0.15, 0.2) is 0 Å². The number of hydrazone groups is 1. The van der Waals surface area contributed by atoms with Crippen LogP contribution < -0.4 is 26.9 Å². The van der Waals surface area contributed by atoms with Gasteiger partial charge in [0.2, 0.25) is 0 Å². The Morgan fingerprint density at radius 1 is 0.941 bits per heavy atom. The molecule has 0 aliphatic rings. The monoisotopic (exact) mass is 490 g/mol. The summed E-state index contributed by atoms with van der Waals surface area (Å²) in [6.45, 7) is -0.0165. The van der Waals surface area contributed by atoms with E-state index in [0.717, 1.165) is 12.1 Å². The van der Waals surface area contributed by atoms with Crippen LogP contribution in [0.25, 0.3) is 0 Å². The highest BCUT2D eigenvalue weighted by atomic mass is 32.2. The van der Waals surface area contributed by atoms with Crippen LogP contribution in [0.15, 0.2) is 82.8 Å². The molecule has 3 aromatic rings. The van der Waals surface area contributed by atoms with Crippen LogP contribution in [0.1, 0.15) is 16.7 Å². The number of carbonyl (C=O) groups is 1. The molecule has 3 aromatic carbocycles. The number of nitrogens with one attached hydrogen (secondary N) is 3. The summed E-state index contributed by atoms with van der Waals surface area (Å²) in [5.74, 6) is 5.28. The van der Waals surface area contributed by atoms with Gasteiger partial charge in [0.25, 0.3) is 0 Å². The maximum atomic E-state index is 12.8. The van der Waals surface area contributed by atoms with Crippen molar-refractivity contribution in [3.05, 3.63) is 89.5 Å². The number of halogens is 3. The second-order valence-electron chi connectivity index (χ2n) is 6.99. The molecule has 7 N–H and O–H groups in total. The third-order valence-electron chi connectivity index (χ3n) is 4.54. The van der Waals surface area contributed by atoms with Gasteiger partial charge >= 0.3 is 12.2 Å². The van der Waals surface area contributed by atoms with E-state index in [0.29, 0.717) is 27.4 Å². The lowest BCUT2D eigenvalue weighted by Crippen LogP contribution is -2.20. The molecule has 178 valence electrons. The van der Waals surface area contributed by atoms with E-state index in [4.69, 9.17) is 11.6 Å². The molecule has 8 nitrogen and oxygen atoms in total. The standard InChI is InChI=1S/C22H21F3N6O2S/c23-22(24,25)16-5-1-3-14(11-16)13-28-34(33)19-9-7-17(8-10-19)29-21(32)30-18-6-2-4-15(12-18)20(26)31-27/h1-12,28H,13,27H2,(H2,26,31)(H2,29,30,32). The van der Waals surface area contributed by atoms with Crippen molar-refractivity contribution in [3.8, 4) is 0 Å². The van der Waals surface area contributed by atoms with Gasteiger partial charge in [-0.2, -0.15) is 18.3 Å². The molecule has 0 aliphatic carbocycles. The summed E-state index contributed by atoms with van der Waals surface area (Å²) in [6.07, 6.45) is -4.45. The summed E-state index contributed by atoms with van der Waals surface area (Å²) >= 11 is 0. The lowest BCUT2D eigenvalue weighted by Gasteiger charge is -2.11. The van der Waals surface area contributed by atoms with Crippen LogP contribution in [0.4, 0.5) is 29.3 Å². The highest BCUT2D eigenvalue weighted by molar-refractivity contribution is 7.83. The molecule has 0 bridgehead atoms. The number of hydrogen-bond acceptors (Lipinski definition) is 4. The van der Waals surface area contributed by atoms with E-state index in [-0.39, 0.29) is 12.4 Å². The summed E-state index contributed by atoms with van der Waals surface area (Å²) in [7, 11) is -1.67. The first-order valence-electron chi connectivity index (χ1n) is 9.79. The molecule has 34 heavy (non-hydrogen) atoms. The van der Waals surface area contributed by atoms with Crippen LogP contribution in [0.3, 0.4) is 0 Å². The molecular weight excluding hydrogens is 469 g/mol. The highest BCUT2D eigenvalue weighted by Crippen LogP contribution is 2.29. The van der Waals surface area contributed by atoms with E-state index in [9.17, 15) is 22.2 Å². The Balaban J connectivity index is 1.55. The van der Waals surface area contributed by atoms with Gasteiger partial charge in [0.1, 0.15) is 16.8 Å². The average molecular weight is 491 g/mol. The topological polar surface area (TPSA) is 135 Å². The fourth-order valence-electron chi connectivity index (χ4n) is 2.88. The minimum Gasteiger partial charge on any atom is -0.382 e. The Kier molecular flexibility index (Phi) is 7.87. The van der Waals surface area contributed by atoms with Crippen molar-refractivity contribution in [2.45, 2.75) is 17.6 Å². The molecule has 3 rings (SSSR count). The molecule has 0 aliphatic heterocycles. The van der Waals surface area contributed by atoms with Gasteiger partial charge in [0.05, 0.1) is 10.5 Å². The second kappa shape index (κ2) is 10.8. The molecule has 1 atom stereocenters. The Morgan fingerprint density at radius 3 is 2.29 bits per heavy atom. The first kappa shape index (κ1) is 24.7. The molecule has 0 heterocycles. The van der Waals surface area contributed by atoms with Crippen molar-refractivity contribution in [1.29, 1.82) is 0 Å². The molecule has 0 saturated heterocycles. The number of carbonyl (C=O) groups excluding carboxylic acids is 1. The van der Waals surface area contributed by atoms with Crippen molar-refractivity contribution in [2.75, 3.05) is 10.6 Å². The zero-order valence-corrected chi connectivity index (χ0v) is 18.4. The number of hydrogen-bond donors (Lipinski definition) is 5. The van der Waals surface area contributed by atoms with Crippen molar-refractivity contribution < 1.29 is 22.2 Å². The Morgan fingerprint density at radius 2 is 1.62 bits per heavy atom. The van der Waals surface area contributed by atoms with E-state index in [1.54, 1.807) is 36.4 Å². The van der Waals surface area contributed by atoms with Gasteiger partial charge in [0, 0.05) is 23.5 Å². The Bertz CT molecular complexity index is 1220. The molecule has 1 unspecified atom stereocenters. The van der Waals surface area contributed by atoms with E-state index >= 15 is 0 Å². The van der Waals surface area contributed by atoms with Gasteiger partial charge < -0.3 is 22.2 Å². The second-order valence-corrected chi connectivity index (χ2v) is 8.28. The molecular formula is C22H21F3N6O2S. The maximum absolute atomic E-state index is 12.8. The fraction of sp³-hybridized carbons (Fsp3) is 0.0909. The Labute approximate surface area is 195 Å². The molecule has 0 spiro atoms. The number of anilines is 2. The van der Waals surface area contributed by atoms with E-state index < -0.39 is 28.8 Å². The lowest BCUT2D eigenvalue weighted by atomic mass is 10.1. The predicted molar refractivity (Wildman–Crippen MR) is 125 cm³/mol. The minimum absolute atomic E-state index is 0.0165. The minimum atomic E-state index is -4.45. The maximum Gasteiger partial charge on any atom is 0.416 e. The van der Waals surface area contributed by atoms with E-state index in [2.05, 4.69) is 20.5 Å². The molecule has 0 fully saturated rings. The summed E-state index contributed by atoms with van der Waals surface area (Å²) in [4.78, 5) is 12.6. The number of rotatable bonds is 7. The first-order valence-corrected chi connectivity index (χ1v) is 10.9. The molecule has 0 saturated carbocycles. The number of nitrogens with two attached hydrogens (primary N) is 2. The van der Waals surface area contributed by atoms with Gasteiger partial charge in [-0.25, -0.2) is 13.7 Å². The summed E-state index contributed by atoms with van der Waals surface area (Å²) in [5.41, 5.74) is 6.69. The van der Waals surface area contributed by atoms with Crippen molar-refractivity contribution in [3.63, 3.8) is 0 Å². The molecule has 12 heteroatoms.